The zero-order chi connectivity index (χ0) is 16.0. The molecule has 1 N–H and O–H groups in total. The van der Waals surface area contributed by atoms with Gasteiger partial charge in [0.15, 0.2) is 0 Å². The Hall–Kier alpha value is -2.29. The van der Waals surface area contributed by atoms with Gasteiger partial charge in [-0.05, 0) is 35.2 Å². The fraction of sp³-hybridized carbons (Fsp3) is 0.316. The second-order valence-electron chi connectivity index (χ2n) is 6.58. The summed E-state index contributed by atoms with van der Waals surface area (Å²) in [5.74, 6) is 1.65. The topological polar surface area (TPSA) is 38.3 Å². The molecule has 0 bridgehead atoms. The SMILES string of the molecule is CC(C)(C)CC(=O)NCc1cccc(Oc2ccccc2)c1. The Balaban J connectivity index is 1.93. The van der Waals surface area contributed by atoms with Crippen molar-refractivity contribution in [1.82, 2.24) is 5.32 Å². The van der Waals surface area contributed by atoms with Crippen molar-refractivity contribution in [3.05, 3.63) is 60.2 Å². The van der Waals surface area contributed by atoms with Gasteiger partial charge in [-0.3, -0.25) is 4.79 Å². The van der Waals surface area contributed by atoms with Gasteiger partial charge in [-0.25, -0.2) is 0 Å². The second-order valence-corrected chi connectivity index (χ2v) is 6.58. The number of benzene rings is 2. The molecule has 0 heterocycles. The molecule has 3 nitrogen and oxygen atoms in total. The van der Waals surface area contributed by atoms with Gasteiger partial charge in [0.2, 0.25) is 5.91 Å². The first kappa shape index (κ1) is 16.1. The Kier molecular flexibility index (Phi) is 5.21. The second kappa shape index (κ2) is 7.12. The summed E-state index contributed by atoms with van der Waals surface area (Å²) < 4.78 is 5.79. The molecule has 2 aromatic carbocycles. The lowest BCUT2D eigenvalue weighted by atomic mass is 9.92. The minimum atomic E-state index is 0.00233. The van der Waals surface area contributed by atoms with Crippen molar-refractivity contribution in [2.24, 2.45) is 5.41 Å². The molecule has 0 aromatic heterocycles. The van der Waals surface area contributed by atoms with Crippen LogP contribution < -0.4 is 10.1 Å². The number of carbonyl (C=O) groups is 1. The highest BCUT2D eigenvalue weighted by atomic mass is 16.5. The molecule has 0 aliphatic carbocycles. The van der Waals surface area contributed by atoms with Crippen LogP contribution in [0.3, 0.4) is 0 Å². The summed E-state index contributed by atoms with van der Waals surface area (Å²) in [6.07, 6.45) is 0.521. The van der Waals surface area contributed by atoms with Crippen LogP contribution in [0.2, 0.25) is 0 Å². The highest BCUT2D eigenvalue weighted by Gasteiger charge is 2.15. The van der Waals surface area contributed by atoms with Crippen LogP contribution in [0.15, 0.2) is 54.6 Å². The smallest absolute Gasteiger partial charge is 0.220 e. The number of para-hydroxylation sites is 1. The summed E-state index contributed by atoms with van der Waals surface area (Å²) in [5.41, 5.74) is 1.03. The minimum absolute atomic E-state index is 0.00233. The maximum atomic E-state index is 11.9. The molecule has 0 aliphatic rings. The van der Waals surface area contributed by atoms with Gasteiger partial charge in [0, 0.05) is 13.0 Å². The van der Waals surface area contributed by atoms with Crippen molar-refractivity contribution in [2.45, 2.75) is 33.7 Å². The van der Waals surface area contributed by atoms with E-state index in [0.717, 1.165) is 17.1 Å². The van der Waals surface area contributed by atoms with E-state index in [-0.39, 0.29) is 11.3 Å². The van der Waals surface area contributed by atoms with Crippen LogP contribution in [0.5, 0.6) is 11.5 Å². The van der Waals surface area contributed by atoms with Crippen LogP contribution in [0.25, 0.3) is 0 Å². The average Bonchev–Trinajstić information content (AvgIpc) is 2.45. The van der Waals surface area contributed by atoms with E-state index in [9.17, 15) is 4.79 Å². The van der Waals surface area contributed by atoms with Gasteiger partial charge in [0.05, 0.1) is 0 Å². The van der Waals surface area contributed by atoms with Crippen LogP contribution in [-0.2, 0) is 11.3 Å². The van der Waals surface area contributed by atoms with Crippen molar-refractivity contribution in [2.75, 3.05) is 0 Å². The fourth-order valence-corrected chi connectivity index (χ4v) is 2.09. The molecule has 2 rings (SSSR count). The highest BCUT2D eigenvalue weighted by Crippen LogP contribution is 2.22. The monoisotopic (exact) mass is 297 g/mol. The van der Waals surface area contributed by atoms with Crippen molar-refractivity contribution in [3.8, 4) is 11.5 Å². The van der Waals surface area contributed by atoms with E-state index in [2.05, 4.69) is 26.1 Å². The maximum Gasteiger partial charge on any atom is 0.220 e. The molecule has 0 aliphatic heterocycles. The predicted molar refractivity (Wildman–Crippen MR) is 88.9 cm³/mol. The van der Waals surface area contributed by atoms with Crippen LogP contribution in [0, 0.1) is 5.41 Å². The Labute approximate surface area is 132 Å². The van der Waals surface area contributed by atoms with Crippen LogP contribution in [0.1, 0.15) is 32.8 Å². The largest absolute Gasteiger partial charge is 0.457 e. The normalized spacial score (nSPS) is 11.0. The van der Waals surface area contributed by atoms with Crippen LogP contribution >= 0.6 is 0 Å². The molecule has 0 saturated carbocycles. The summed E-state index contributed by atoms with van der Waals surface area (Å²) in [6, 6.07) is 17.4. The van der Waals surface area contributed by atoms with E-state index in [1.54, 1.807) is 0 Å². The zero-order valence-electron chi connectivity index (χ0n) is 13.4. The first-order chi connectivity index (χ1) is 10.4. The van der Waals surface area contributed by atoms with E-state index in [1.165, 1.54) is 0 Å². The van der Waals surface area contributed by atoms with Gasteiger partial charge >= 0.3 is 0 Å². The lowest BCUT2D eigenvalue weighted by molar-refractivity contribution is -0.122. The molecule has 22 heavy (non-hydrogen) atoms. The summed E-state index contributed by atoms with van der Waals surface area (Å²) >= 11 is 0. The Morgan fingerprint density at radius 3 is 2.36 bits per heavy atom. The molecular formula is C19H23NO2. The van der Waals surface area contributed by atoms with Crippen molar-refractivity contribution in [3.63, 3.8) is 0 Å². The minimum Gasteiger partial charge on any atom is -0.457 e. The number of rotatable bonds is 5. The number of ether oxygens (including phenoxy) is 1. The lowest BCUT2D eigenvalue weighted by Crippen LogP contribution is -2.27. The molecule has 3 heteroatoms. The van der Waals surface area contributed by atoms with Crippen LogP contribution in [-0.4, -0.2) is 5.91 Å². The van der Waals surface area contributed by atoms with E-state index in [4.69, 9.17) is 4.74 Å². The van der Waals surface area contributed by atoms with Gasteiger partial charge in [-0.15, -0.1) is 0 Å². The molecule has 1 amide bonds. The van der Waals surface area contributed by atoms with Gasteiger partial charge in [0.25, 0.3) is 0 Å². The van der Waals surface area contributed by atoms with Crippen molar-refractivity contribution < 1.29 is 9.53 Å². The highest BCUT2D eigenvalue weighted by molar-refractivity contribution is 5.76. The maximum absolute atomic E-state index is 11.9. The molecule has 0 atom stereocenters. The molecule has 0 fully saturated rings. The first-order valence-corrected chi connectivity index (χ1v) is 7.51. The summed E-state index contributed by atoms with van der Waals surface area (Å²) in [5, 5.41) is 2.95. The molecule has 2 aromatic rings. The zero-order valence-corrected chi connectivity index (χ0v) is 13.4. The molecule has 0 saturated heterocycles. The molecule has 0 unspecified atom stereocenters. The molecule has 116 valence electrons. The molecular weight excluding hydrogens is 274 g/mol. The Morgan fingerprint density at radius 1 is 1.00 bits per heavy atom. The van der Waals surface area contributed by atoms with Gasteiger partial charge in [0.1, 0.15) is 11.5 Å². The Morgan fingerprint density at radius 2 is 1.68 bits per heavy atom. The van der Waals surface area contributed by atoms with Crippen LogP contribution in [0.4, 0.5) is 0 Å². The predicted octanol–water partition coefficient (Wildman–Crippen LogP) is 4.53. The molecule has 0 spiro atoms. The van der Waals surface area contributed by atoms with E-state index < -0.39 is 0 Å². The quantitative estimate of drug-likeness (QED) is 0.880. The third-order valence-electron chi connectivity index (χ3n) is 3.06. The van der Waals surface area contributed by atoms with E-state index in [1.807, 2.05) is 54.6 Å². The summed E-state index contributed by atoms with van der Waals surface area (Å²) in [6.45, 7) is 6.68. The average molecular weight is 297 g/mol. The first-order valence-electron chi connectivity index (χ1n) is 7.51. The summed E-state index contributed by atoms with van der Waals surface area (Å²) in [4.78, 5) is 11.9. The Bertz CT molecular complexity index is 615. The number of hydrogen-bond acceptors (Lipinski definition) is 2. The van der Waals surface area contributed by atoms with E-state index in [0.29, 0.717) is 13.0 Å². The third kappa shape index (κ3) is 5.60. The van der Waals surface area contributed by atoms with Gasteiger partial charge < -0.3 is 10.1 Å². The number of hydrogen-bond donors (Lipinski definition) is 1. The van der Waals surface area contributed by atoms with Crippen molar-refractivity contribution in [1.29, 1.82) is 0 Å². The number of amides is 1. The fourth-order valence-electron chi connectivity index (χ4n) is 2.09. The molecule has 0 radical (unpaired) electrons. The number of nitrogens with one attached hydrogen (secondary N) is 1. The van der Waals surface area contributed by atoms with Gasteiger partial charge in [-0.2, -0.15) is 0 Å². The van der Waals surface area contributed by atoms with E-state index >= 15 is 0 Å². The third-order valence-corrected chi connectivity index (χ3v) is 3.06. The lowest BCUT2D eigenvalue weighted by Gasteiger charge is -2.17. The summed E-state index contributed by atoms with van der Waals surface area (Å²) in [7, 11) is 0. The standard InChI is InChI=1S/C19H23NO2/c1-19(2,3)13-18(21)20-14-15-8-7-11-17(12-15)22-16-9-5-4-6-10-16/h4-12H,13-14H2,1-3H3,(H,20,21). The number of carbonyl (C=O) groups excluding carboxylic acids is 1. The van der Waals surface area contributed by atoms with Crippen molar-refractivity contribution >= 4 is 5.91 Å². The van der Waals surface area contributed by atoms with Gasteiger partial charge in [-0.1, -0.05) is 51.1 Å².